The lowest BCUT2D eigenvalue weighted by molar-refractivity contribution is 0.544. The molecule has 1 aromatic heterocycles. The summed E-state index contributed by atoms with van der Waals surface area (Å²) in [5.41, 5.74) is 5.47. The summed E-state index contributed by atoms with van der Waals surface area (Å²) >= 11 is 0. The van der Waals surface area contributed by atoms with Crippen LogP contribution in [0.3, 0.4) is 0 Å². The summed E-state index contributed by atoms with van der Waals surface area (Å²) in [4.78, 5) is 0. The average molecular weight is 316 g/mol. The predicted molar refractivity (Wildman–Crippen MR) is 93.7 cm³/mol. The molecule has 120 valence electrons. The van der Waals surface area contributed by atoms with E-state index >= 15 is 0 Å². The molecule has 4 heteroatoms. The number of benzene rings is 2. The van der Waals surface area contributed by atoms with E-state index in [1.165, 1.54) is 35.1 Å². The van der Waals surface area contributed by atoms with E-state index in [1.54, 1.807) is 0 Å². The Bertz CT molecular complexity index is 833. The monoisotopic (exact) mass is 316 g/mol. The molecule has 2 aliphatic carbocycles. The minimum absolute atomic E-state index is 0.276. The lowest BCUT2D eigenvalue weighted by atomic mass is 10.1. The van der Waals surface area contributed by atoms with Gasteiger partial charge in [-0.15, -0.1) is 10.2 Å². The minimum atomic E-state index is 0.276. The first kappa shape index (κ1) is 13.9. The van der Waals surface area contributed by atoms with Crippen LogP contribution in [0.4, 0.5) is 0 Å². The molecule has 0 radical (unpaired) electrons. The maximum Gasteiger partial charge on any atom is 0.135 e. The maximum atomic E-state index is 4.29. The van der Waals surface area contributed by atoms with Gasteiger partial charge in [-0.2, -0.15) is 0 Å². The third-order valence-electron chi connectivity index (χ3n) is 5.12. The van der Waals surface area contributed by atoms with E-state index in [4.69, 9.17) is 0 Å². The van der Waals surface area contributed by atoms with E-state index in [2.05, 4.69) is 68.6 Å². The average Bonchev–Trinajstić information content (AvgIpc) is 3.29. The van der Waals surface area contributed by atoms with Crippen molar-refractivity contribution in [2.75, 3.05) is 6.54 Å². The molecule has 5 rings (SSSR count). The van der Waals surface area contributed by atoms with Crippen molar-refractivity contribution in [2.45, 2.75) is 31.3 Å². The van der Waals surface area contributed by atoms with Gasteiger partial charge in [0.25, 0.3) is 0 Å². The third-order valence-corrected chi connectivity index (χ3v) is 5.12. The summed E-state index contributed by atoms with van der Waals surface area (Å²) in [6.07, 6.45) is 4.39. The number of aromatic nitrogens is 3. The zero-order valence-corrected chi connectivity index (χ0v) is 13.5. The second-order valence-corrected chi connectivity index (χ2v) is 6.72. The first-order chi connectivity index (χ1) is 11.9. The van der Waals surface area contributed by atoms with Crippen LogP contribution in [0.25, 0.3) is 11.1 Å². The van der Waals surface area contributed by atoms with Gasteiger partial charge in [0.15, 0.2) is 0 Å². The Labute approximate surface area is 141 Å². The molecule has 1 saturated carbocycles. The molecular weight excluding hydrogens is 296 g/mol. The summed E-state index contributed by atoms with van der Waals surface area (Å²) in [5.74, 6) is 1.80. The van der Waals surface area contributed by atoms with Gasteiger partial charge in [-0.05, 0) is 35.1 Å². The van der Waals surface area contributed by atoms with E-state index < -0.39 is 0 Å². The van der Waals surface area contributed by atoms with Crippen molar-refractivity contribution in [3.8, 4) is 11.1 Å². The van der Waals surface area contributed by atoms with Crippen LogP contribution in [0.15, 0.2) is 54.9 Å². The molecule has 0 unspecified atom stereocenters. The van der Waals surface area contributed by atoms with Crippen molar-refractivity contribution in [3.05, 3.63) is 71.8 Å². The van der Waals surface area contributed by atoms with Crippen LogP contribution in [-0.2, 0) is 6.54 Å². The number of hydrogen-bond donors (Lipinski definition) is 1. The second kappa shape index (κ2) is 5.56. The number of nitrogens with one attached hydrogen (secondary N) is 1. The smallest absolute Gasteiger partial charge is 0.135 e. The summed E-state index contributed by atoms with van der Waals surface area (Å²) in [6.45, 7) is 1.82. The molecule has 0 spiro atoms. The van der Waals surface area contributed by atoms with Crippen LogP contribution in [-0.4, -0.2) is 21.3 Å². The SMILES string of the molecule is c1ccc2c(c1)-c1ccccc1C2NCCn1cnnc1C1CC1. The molecule has 0 atom stereocenters. The summed E-state index contributed by atoms with van der Waals surface area (Å²) in [6, 6.07) is 17.7. The molecule has 0 bridgehead atoms. The normalized spacial score (nSPS) is 16.2. The zero-order chi connectivity index (χ0) is 15.9. The van der Waals surface area contributed by atoms with Crippen LogP contribution in [0.2, 0.25) is 0 Å². The number of nitrogens with zero attached hydrogens (tertiary/aromatic N) is 3. The second-order valence-electron chi connectivity index (χ2n) is 6.72. The largest absolute Gasteiger partial charge is 0.316 e. The Morgan fingerprint density at radius 2 is 1.62 bits per heavy atom. The summed E-state index contributed by atoms with van der Waals surface area (Å²) in [5, 5.41) is 12.1. The van der Waals surface area contributed by atoms with Gasteiger partial charge in [0.05, 0.1) is 6.04 Å². The van der Waals surface area contributed by atoms with Crippen LogP contribution in [0, 0.1) is 0 Å². The molecule has 2 aromatic carbocycles. The van der Waals surface area contributed by atoms with Gasteiger partial charge in [0, 0.05) is 19.0 Å². The van der Waals surface area contributed by atoms with Gasteiger partial charge in [0.1, 0.15) is 12.2 Å². The molecule has 2 aliphatic rings. The van der Waals surface area contributed by atoms with E-state index in [9.17, 15) is 0 Å². The van der Waals surface area contributed by atoms with Crippen molar-refractivity contribution in [1.82, 2.24) is 20.1 Å². The molecule has 1 fully saturated rings. The van der Waals surface area contributed by atoms with Gasteiger partial charge in [-0.1, -0.05) is 48.5 Å². The fraction of sp³-hybridized carbons (Fsp3) is 0.300. The Balaban J connectivity index is 1.36. The van der Waals surface area contributed by atoms with Gasteiger partial charge in [0.2, 0.25) is 0 Å². The highest BCUT2D eigenvalue weighted by atomic mass is 15.3. The van der Waals surface area contributed by atoms with Crippen molar-refractivity contribution >= 4 is 0 Å². The number of rotatable bonds is 5. The molecule has 0 saturated heterocycles. The standard InChI is InChI=1S/C20H20N4/c1-3-7-17-15(5-1)16-6-2-4-8-18(16)19(17)21-11-12-24-13-22-23-20(24)14-9-10-14/h1-8,13-14,19,21H,9-12H2. The Hall–Kier alpha value is -2.46. The maximum absolute atomic E-state index is 4.29. The van der Waals surface area contributed by atoms with Crippen LogP contribution in [0.1, 0.15) is 41.8 Å². The van der Waals surface area contributed by atoms with Gasteiger partial charge in [-0.25, -0.2) is 0 Å². The first-order valence-corrected chi connectivity index (χ1v) is 8.71. The fourth-order valence-electron chi connectivity index (χ4n) is 3.80. The van der Waals surface area contributed by atoms with Gasteiger partial charge in [-0.3, -0.25) is 0 Å². The highest BCUT2D eigenvalue weighted by Gasteiger charge is 2.29. The van der Waals surface area contributed by atoms with Gasteiger partial charge >= 0.3 is 0 Å². The van der Waals surface area contributed by atoms with E-state index in [0.717, 1.165) is 18.9 Å². The number of hydrogen-bond acceptors (Lipinski definition) is 3. The summed E-state index contributed by atoms with van der Waals surface area (Å²) in [7, 11) is 0. The van der Waals surface area contributed by atoms with Crippen LogP contribution >= 0.6 is 0 Å². The third kappa shape index (κ3) is 2.26. The van der Waals surface area contributed by atoms with Crippen molar-refractivity contribution in [1.29, 1.82) is 0 Å². The van der Waals surface area contributed by atoms with Crippen molar-refractivity contribution < 1.29 is 0 Å². The van der Waals surface area contributed by atoms with Crippen molar-refractivity contribution in [2.24, 2.45) is 0 Å². The Morgan fingerprint density at radius 1 is 0.958 bits per heavy atom. The molecule has 0 amide bonds. The highest BCUT2D eigenvalue weighted by molar-refractivity contribution is 5.78. The van der Waals surface area contributed by atoms with E-state index in [-0.39, 0.29) is 6.04 Å². The van der Waals surface area contributed by atoms with Crippen LogP contribution in [0.5, 0.6) is 0 Å². The van der Waals surface area contributed by atoms with E-state index in [1.807, 2.05) is 6.33 Å². The molecule has 4 nitrogen and oxygen atoms in total. The fourth-order valence-corrected chi connectivity index (χ4v) is 3.80. The highest BCUT2D eigenvalue weighted by Crippen LogP contribution is 2.43. The lowest BCUT2D eigenvalue weighted by Crippen LogP contribution is -2.25. The van der Waals surface area contributed by atoms with Crippen molar-refractivity contribution in [3.63, 3.8) is 0 Å². The zero-order valence-electron chi connectivity index (χ0n) is 13.5. The molecule has 0 aliphatic heterocycles. The van der Waals surface area contributed by atoms with Gasteiger partial charge < -0.3 is 9.88 Å². The lowest BCUT2D eigenvalue weighted by Gasteiger charge is -2.16. The Morgan fingerprint density at radius 3 is 2.29 bits per heavy atom. The molecule has 1 heterocycles. The van der Waals surface area contributed by atoms with E-state index in [0.29, 0.717) is 5.92 Å². The van der Waals surface area contributed by atoms with Crippen LogP contribution < -0.4 is 5.32 Å². The predicted octanol–water partition coefficient (Wildman–Crippen LogP) is 3.52. The Kier molecular flexibility index (Phi) is 3.23. The molecular formula is C20H20N4. The topological polar surface area (TPSA) is 42.7 Å². The number of fused-ring (bicyclic) bond motifs is 3. The first-order valence-electron chi connectivity index (χ1n) is 8.71. The quantitative estimate of drug-likeness (QED) is 0.783. The summed E-state index contributed by atoms with van der Waals surface area (Å²) < 4.78 is 2.21. The molecule has 24 heavy (non-hydrogen) atoms. The molecule has 1 N–H and O–H groups in total. The minimum Gasteiger partial charge on any atom is -0.316 e. The molecule has 3 aromatic rings.